The second kappa shape index (κ2) is 5.94. The van der Waals surface area contributed by atoms with E-state index < -0.39 is 5.97 Å². The normalized spacial score (nSPS) is 11.3. The molecule has 6 heteroatoms. The predicted octanol–water partition coefficient (Wildman–Crippen LogP) is -0.313. The van der Waals surface area contributed by atoms with Crippen molar-refractivity contribution in [2.75, 3.05) is 19.6 Å². The van der Waals surface area contributed by atoms with Gasteiger partial charge in [0.15, 0.2) is 5.84 Å². The maximum atomic E-state index is 10.5. The SMILES string of the molecule is COCC(=O)O/N=C(/N)CCl. The molecule has 5 nitrogen and oxygen atoms in total. The Morgan fingerprint density at radius 3 is 2.82 bits per heavy atom. The van der Waals surface area contributed by atoms with Gasteiger partial charge < -0.3 is 15.3 Å². The van der Waals surface area contributed by atoms with Crippen molar-refractivity contribution in [3.8, 4) is 0 Å². The number of halogens is 1. The van der Waals surface area contributed by atoms with Crippen LogP contribution in [0.5, 0.6) is 0 Å². The van der Waals surface area contributed by atoms with E-state index in [9.17, 15) is 4.79 Å². The number of oxime groups is 1. The minimum absolute atomic E-state index is 0.0280. The first-order valence-electron chi connectivity index (χ1n) is 2.77. The summed E-state index contributed by atoms with van der Waals surface area (Å²) in [5.74, 6) is -0.531. The minimum Gasteiger partial charge on any atom is -0.383 e. The standard InChI is InChI=1S/C5H9ClN2O3/c1-10-3-5(9)11-8-4(7)2-6/h2-3H2,1H3,(H2,7,8). The van der Waals surface area contributed by atoms with Crippen LogP contribution < -0.4 is 5.73 Å². The first-order valence-corrected chi connectivity index (χ1v) is 3.31. The number of rotatable bonds is 4. The largest absolute Gasteiger partial charge is 0.383 e. The van der Waals surface area contributed by atoms with Crippen molar-refractivity contribution in [3.63, 3.8) is 0 Å². The Balaban J connectivity index is 3.60. The van der Waals surface area contributed by atoms with Crippen molar-refractivity contribution in [1.29, 1.82) is 0 Å². The molecule has 0 fully saturated rings. The molecule has 0 radical (unpaired) electrons. The predicted molar refractivity (Wildman–Crippen MR) is 40.3 cm³/mol. The van der Waals surface area contributed by atoms with Crippen LogP contribution in [0.1, 0.15) is 0 Å². The highest BCUT2D eigenvalue weighted by Gasteiger charge is 2.00. The molecule has 0 bridgehead atoms. The van der Waals surface area contributed by atoms with Crippen molar-refractivity contribution in [3.05, 3.63) is 0 Å². The fourth-order valence-corrected chi connectivity index (χ4v) is 0.327. The number of alkyl halides is 1. The molecule has 0 aliphatic heterocycles. The van der Waals surface area contributed by atoms with Crippen LogP contribution in [0, 0.1) is 0 Å². The third-order valence-electron chi connectivity index (χ3n) is 0.664. The van der Waals surface area contributed by atoms with E-state index in [1.54, 1.807) is 0 Å². The number of amidine groups is 1. The van der Waals surface area contributed by atoms with Crippen LogP contribution in [0.4, 0.5) is 0 Å². The molecule has 0 atom stereocenters. The zero-order valence-corrected chi connectivity index (χ0v) is 6.80. The first-order chi connectivity index (χ1) is 5.20. The number of nitrogens with zero attached hydrogens (tertiary/aromatic N) is 1. The number of hydrogen-bond donors (Lipinski definition) is 1. The van der Waals surface area contributed by atoms with E-state index >= 15 is 0 Å². The number of hydrogen-bond acceptors (Lipinski definition) is 4. The van der Waals surface area contributed by atoms with Gasteiger partial charge in [-0.05, 0) is 0 Å². The minimum atomic E-state index is -0.611. The number of carbonyl (C=O) groups excluding carboxylic acids is 1. The van der Waals surface area contributed by atoms with Crippen LogP contribution >= 0.6 is 11.6 Å². The monoisotopic (exact) mass is 180 g/mol. The summed E-state index contributed by atoms with van der Waals surface area (Å²) < 4.78 is 4.45. The molecular weight excluding hydrogens is 172 g/mol. The van der Waals surface area contributed by atoms with Crippen LogP contribution in [0.15, 0.2) is 5.16 Å². The summed E-state index contributed by atoms with van der Waals surface area (Å²) in [6, 6.07) is 0. The van der Waals surface area contributed by atoms with E-state index in [2.05, 4.69) is 14.7 Å². The molecule has 0 aliphatic rings. The highest BCUT2D eigenvalue weighted by Crippen LogP contribution is 1.82. The van der Waals surface area contributed by atoms with E-state index in [1.807, 2.05) is 0 Å². The highest BCUT2D eigenvalue weighted by molar-refractivity contribution is 6.27. The van der Waals surface area contributed by atoms with Gasteiger partial charge in [-0.1, -0.05) is 5.16 Å². The van der Waals surface area contributed by atoms with Crippen LogP contribution in [-0.2, 0) is 14.4 Å². The summed E-state index contributed by atoms with van der Waals surface area (Å²) in [4.78, 5) is 14.8. The van der Waals surface area contributed by atoms with Gasteiger partial charge in [-0.25, -0.2) is 4.79 Å². The Hall–Kier alpha value is -0.810. The van der Waals surface area contributed by atoms with E-state index in [0.29, 0.717) is 0 Å². The molecule has 0 aromatic heterocycles. The fourth-order valence-electron chi connectivity index (χ4n) is 0.278. The van der Waals surface area contributed by atoms with Crippen LogP contribution in [-0.4, -0.2) is 31.4 Å². The maximum absolute atomic E-state index is 10.5. The molecule has 11 heavy (non-hydrogen) atoms. The zero-order valence-electron chi connectivity index (χ0n) is 6.04. The number of nitrogens with two attached hydrogens (primary N) is 1. The lowest BCUT2D eigenvalue weighted by Crippen LogP contribution is -2.16. The van der Waals surface area contributed by atoms with Crippen LogP contribution in [0.2, 0.25) is 0 Å². The van der Waals surface area contributed by atoms with Gasteiger partial charge in [-0.3, -0.25) is 0 Å². The third kappa shape index (κ3) is 5.63. The van der Waals surface area contributed by atoms with Gasteiger partial charge in [0.25, 0.3) is 0 Å². The highest BCUT2D eigenvalue weighted by atomic mass is 35.5. The Kier molecular flexibility index (Phi) is 5.50. The van der Waals surface area contributed by atoms with Gasteiger partial charge in [0.05, 0.1) is 5.88 Å². The molecule has 0 spiro atoms. The van der Waals surface area contributed by atoms with E-state index in [1.165, 1.54) is 7.11 Å². The van der Waals surface area contributed by atoms with Crippen molar-refractivity contribution >= 4 is 23.4 Å². The summed E-state index contributed by atoms with van der Waals surface area (Å²) in [6.07, 6.45) is 0. The molecule has 0 unspecified atom stereocenters. The Morgan fingerprint density at radius 2 is 2.36 bits per heavy atom. The van der Waals surface area contributed by atoms with E-state index in [-0.39, 0.29) is 18.3 Å². The van der Waals surface area contributed by atoms with Crippen molar-refractivity contribution in [1.82, 2.24) is 0 Å². The average molecular weight is 181 g/mol. The summed E-state index contributed by atoms with van der Waals surface area (Å²) in [6.45, 7) is -0.154. The van der Waals surface area contributed by atoms with Crippen LogP contribution in [0.25, 0.3) is 0 Å². The summed E-state index contributed by atoms with van der Waals surface area (Å²) >= 11 is 5.23. The number of carbonyl (C=O) groups is 1. The topological polar surface area (TPSA) is 73.9 Å². The average Bonchev–Trinajstić information content (AvgIpc) is 2.01. The molecule has 0 heterocycles. The quantitative estimate of drug-likeness (QED) is 0.212. The lowest BCUT2D eigenvalue weighted by Gasteiger charge is -1.95. The summed E-state index contributed by atoms with van der Waals surface area (Å²) in [5, 5.41) is 3.19. The van der Waals surface area contributed by atoms with Crippen molar-refractivity contribution in [2.45, 2.75) is 0 Å². The number of methoxy groups -OCH3 is 1. The third-order valence-corrected chi connectivity index (χ3v) is 0.938. The van der Waals surface area contributed by atoms with Crippen molar-refractivity contribution < 1.29 is 14.4 Å². The molecule has 2 N–H and O–H groups in total. The van der Waals surface area contributed by atoms with Crippen LogP contribution in [0.3, 0.4) is 0 Å². The van der Waals surface area contributed by atoms with Gasteiger partial charge in [-0.2, -0.15) is 0 Å². The molecule has 0 aromatic carbocycles. The van der Waals surface area contributed by atoms with Gasteiger partial charge in [-0.15, -0.1) is 11.6 Å². The molecule has 0 aromatic rings. The molecule has 0 saturated heterocycles. The molecule has 0 aliphatic carbocycles. The Bertz CT molecular complexity index is 160. The zero-order chi connectivity index (χ0) is 8.69. The molecule has 64 valence electrons. The van der Waals surface area contributed by atoms with E-state index in [4.69, 9.17) is 17.3 Å². The van der Waals surface area contributed by atoms with Gasteiger partial charge in [0.2, 0.25) is 0 Å². The maximum Gasteiger partial charge on any atom is 0.360 e. The van der Waals surface area contributed by atoms with Crippen molar-refractivity contribution in [2.24, 2.45) is 10.9 Å². The smallest absolute Gasteiger partial charge is 0.360 e. The number of ether oxygens (including phenoxy) is 1. The molecule has 0 rings (SSSR count). The van der Waals surface area contributed by atoms with E-state index in [0.717, 1.165) is 0 Å². The first kappa shape index (κ1) is 10.2. The Morgan fingerprint density at radius 1 is 1.73 bits per heavy atom. The summed E-state index contributed by atoms with van der Waals surface area (Å²) in [7, 11) is 1.37. The molecule has 0 amide bonds. The Labute approximate surface area is 69.1 Å². The lowest BCUT2D eigenvalue weighted by molar-refractivity contribution is -0.147. The molecule has 0 saturated carbocycles. The fraction of sp³-hybridized carbons (Fsp3) is 0.600. The second-order valence-corrected chi connectivity index (χ2v) is 1.88. The van der Waals surface area contributed by atoms with Gasteiger partial charge in [0.1, 0.15) is 6.61 Å². The lowest BCUT2D eigenvalue weighted by atomic mass is 10.7. The van der Waals surface area contributed by atoms with Gasteiger partial charge >= 0.3 is 5.97 Å². The molecular formula is C5H9ClN2O3. The van der Waals surface area contributed by atoms with Gasteiger partial charge in [0, 0.05) is 7.11 Å². The second-order valence-electron chi connectivity index (χ2n) is 1.61. The summed E-state index contributed by atoms with van der Waals surface area (Å²) in [5.41, 5.74) is 5.12.